The number of nitrogens with zero attached hydrogens (tertiary/aromatic N) is 4. The zero-order chi connectivity index (χ0) is 17.6. The molecule has 128 valence electrons. The topological polar surface area (TPSA) is 80.7 Å². The molecule has 1 aromatic carbocycles. The molecular formula is C16H14FN5OS2. The first-order valence-electron chi connectivity index (χ1n) is 7.48. The highest BCUT2D eigenvalue weighted by Crippen LogP contribution is 2.21. The van der Waals surface area contributed by atoms with Crippen molar-refractivity contribution in [2.75, 3.05) is 11.1 Å². The number of rotatable bonds is 6. The molecule has 0 aliphatic rings. The predicted molar refractivity (Wildman–Crippen MR) is 96.1 cm³/mol. The molecular weight excluding hydrogens is 361 g/mol. The van der Waals surface area contributed by atoms with Crippen LogP contribution in [0.4, 0.5) is 9.52 Å². The van der Waals surface area contributed by atoms with E-state index in [4.69, 9.17) is 0 Å². The molecule has 0 unspecified atom stereocenters. The van der Waals surface area contributed by atoms with Crippen LogP contribution in [0.5, 0.6) is 0 Å². The Labute approximate surface area is 151 Å². The van der Waals surface area contributed by atoms with E-state index < -0.39 is 0 Å². The Morgan fingerprint density at radius 1 is 1.24 bits per heavy atom. The Morgan fingerprint density at radius 2 is 2.04 bits per heavy atom. The second-order valence-electron chi connectivity index (χ2n) is 4.92. The second-order valence-corrected chi connectivity index (χ2v) is 6.93. The molecule has 0 spiro atoms. The van der Waals surface area contributed by atoms with Gasteiger partial charge in [-0.05, 0) is 36.8 Å². The van der Waals surface area contributed by atoms with Crippen LogP contribution in [0.2, 0.25) is 0 Å². The summed E-state index contributed by atoms with van der Waals surface area (Å²) in [6, 6.07) is 7.80. The lowest BCUT2D eigenvalue weighted by atomic mass is 10.1. The van der Waals surface area contributed by atoms with Gasteiger partial charge in [-0.25, -0.2) is 14.4 Å². The highest BCUT2D eigenvalue weighted by molar-refractivity contribution is 7.99. The van der Waals surface area contributed by atoms with Crippen LogP contribution in [0.25, 0.3) is 11.3 Å². The Balaban J connectivity index is 1.60. The number of carbonyl (C=O) groups excluding carboxylic acids is 1. The summed E-state index contributed by atoms with van der Waals surface area (Å²) < 4.78 is 13.0. The molecule has 0 fully saturated rings. The van der Waals surface area contributed by atoms with E-state index in [1.807, 2.05) is 6.92 Å². The SMILES string of the molecule is CCc1nnc(NC(=O)CSc2nccc(-c3ccc(F)cc3)n2)s1. The Hall–Kier alpha value is -2.39. The van der Waals surface area contributed by atoms with Crippen molar-refractivity contribution in [3.63, 3.8) is 0 Å². The van der Waals surface area contributed by atoms with Gasteiger partial charge in [-0.1, -0.05) is 30.0 Å². The molecule has 3 aromatic rings. The van der Waals surface area contributed by atoms with Gasteiger partial charge >= 0.3 is 0 Å². The fourth-order valence-electron chi connectivity index (χ4n) is 1.92. The van der Waals surface area contributed by atoms with Crippen LogP contribution in [0.1, 0.15) is 11.9 Å². The van der Waals surface area contributed by atoms with Gasteiger partial charge in [0.25, 0.3) is 0 Å². The summed E-state index contributed by atoms with van der Waals surface area (Å²) in [5.74, 6) is -0.333. The third kappa shape index (κ3) is 4.80. The maximum Gasteiger partial charge on any atom is 0.236 e. The first kappa shape index (κ1) is 17.4. The monoisotopic (exact) mass is 375 g/mol. The lowest BCUT2D eigenvalue weighted by Gasteiger charge is -2.04. The molecule has 0 aliphatic carbocycles. The van der Waals surface area contributed by atoms with Crippen LogP contribution in [0, 0.1) is 5.82 Å². The van der Waals surface area contributed by atoms with E-state index in [9.17, 15) is 9.18 Å². The van der Waals surface area contributed by atoms with Gasteiger partial charge in [0.1, 0.15) is 10.8 Å². The van der Waals surface area contributed by atoms with Gasteiger partial charge in [0.15, 0.2) is 5.16 Å². The van der Waals surface area contributed by atoms with Crippen molar-refractivity contribution in [1.82, 2.24) is 20.2 Å². The normalized spacial score (nSPS) is 10.6. The maximum atomic E-state index is 13.0. The molecule has 1 N–H and O–H groups in total. The number of benzene rings is 1. The molecule has 0 atom stereocenters. The van der Waals surface area contributed by atoms with Crippen LogP contribution in [0.15, 0.2) is 41.7 Å². The van der Waals surface area contributed by atoms with Gasteiger partial charge in [-0.3, -0.25) is 10.1 Å². The molecule has 0 saturated heterocycles. The Kier molecular flexibility index (Phi) is 5.67. The minimum Gasteiger partial charge on any atom is -0.300 e. The summed E-state index contributed by atoms with van der Waals surface area (Å²) in [6.45, 7) is 1.98. The van der Waals surface area contributed by atoms with E-state index in [1.165, 1.54) is 35.2 Å². The quantitative estimate of drug-likeness (QED) is 0.525. The predicted octanol–water partition coefficient (Wildman–Crippen LogP) is 3.43. The summed E-state index contributed by atoms with van der Waals surface area (Å²) in [4.78, 5) is 20.5. The van der Waals surface area contributed by atoms with E-state index in [2.05, 4.69) is 25.5 Å². The number of hydrogen-bond donors (Lipinski definition) is 1. The van der Waals surface area contributed by atoms with Crippen LogP contribution in [0.3, 0.4) is 0 Å². The molecule has 0 radical (unpaired) electrons. The maximum absolute atomic E-state index is 13.0. The van der Waals surface area contributed by atoms with Crippen molar-refractivity contribution in [2.24, 2.45) is 0 Å². The zero-order valence-electron chi connectivity index (χ0n) is 13.3. The number of aryl methyl sites for hydroxylation is 1. The van der Waals surface area contributed by atoms with Crippen molar-refractivity contribution in [2.45, 2.75) is 18.5 Å². The van der Waals surface area contributed by atoms with Crippen molar-refractivity contribution < 1.29 is 9.18 Å². The van der Waals surface area contributed by atoms with Gasteiger partial charge < -0.3 is 0 Å². The zero-order valence-corrected chi connectivity index (χ0v) is 14.9. The highest BCUT2D eigenvalue weighted by atomic mass is 32.2. The van der Waals surface area contributed by atoms with Gasteiger partial charge in [-0.15, -0.1) is 10.2 Å². The third-order valence-corrected chi connectivity index (χ3v) is 4.97. The van der Waals surface area contributed by atoms with Crippen LogP contribution in [-0.4, -0.2) is 31.8 Å². The van der Waals surface area contributed by atoms with E-state index >= 15 is 0 Å². The third-order valence-electron chi connectivity index (χ3n) is 3.12. The van der Waals surface area contributed by atoms with Crippen LogP contribution in [-0.2, 0) is 11.2 Å². The molecule has 0 bridgehead atoms. The molecule has 2 heterocycles. The molecule has 25 heavy (non-hydrogen) atoms. The lowest BCUT2D eigenvalue weighted by Crippen LogP contribution is -2.14. The number of amides is 1. The largest absolute Gasteiger partial charge is 0.300 e. The van der Waals surface area contributed by atoms with Crippen molar-refractivity contribution >= 4 is 34.1 Å². The fourth-order valence-corrected chi connectivity index (χ4v) is 3.25. The molecule has 3 rings (SSSR count). The van der Waals surface area contributed by atoms with E-state index in [1.54, 1.807) is 24.4 Å². The number of carbonyl (C=O) groups is 1. The van der Waals surface area contributed by atoms with Gasteiger partial charge in [-0.2, -0.15) is 0 Å². The number of halogens is 1. The number of anilines is 1. The standard InChI is InChI=1S/C16H14FN5OS2/c1-2-14-21-22-16(25-14)20-13(23)9-24-15-18-8-7-12(19-15)10-3-5-11(17)6-4-10/h3-8H,2,9H2,1H3,(H,20,22,23). The van der Waals surface area contributed by atoms with Crippen molar-refractivity contribution in [3.8, 4) is 11.3 Å². The van der Waals surface area contributed by atoms with Crippen LogP contribution < -0.4 is 5.32 Å². The first-order valence-corrected chi connectivity index (χ1v) is 9.28. The van der Waals surface area contributed by atoms with Gasteiger partial charge in [0.2, 0.25) is 11.0 Å². The summed E-state index contributed by atoms with van der Waals surface area (Å²) >= 11 is 2.58. The van der Waals surface area contributed by atoms with Gasteiger partial charge in [0.05, 0.1) is 11.4 Å². The summed E-state index contributed by atoms with van der Waals surface area (Å²) in [5, 5.41) is 12.4. The molecule has 0 saturated carbocycles. The smallest absolute Gasteiger partial charge is 0.236 e. The molecule has 2 aromatic heterocycles. The average Bonchev–Trinajstić information content (AvgIpc) is 3.08. The van der Waals surface area contributed by atoms with Crippen molar-refractivity contribution in [3.05, 3.63) is 47.4 Å². The Morgan fingerprint density at radius 3 is 2.76 bits per heavy atom. The Bertz CT molecular complexity index is 869. The summed E-state index contributed by atoms with van der Waals surface area (Å²) in [5.41, 5.74) is 1.46. The number of thioether (sulfide) groups is 1. The molecule has 6 nitrogen and oxygen atoms in total. The lowest BCUT2D eigenvalue weighted by molar-refractivity contribution is -0.113. The number of hydrogen-bond acceptors (Lipinski definition) is 7. The molecule has 9 heteroatoms. The van der Waals surface area contributed by atoms with E-state index in [0.29, 0.717) is 16.0 Å². The number of nitrogens with one attached hydrogen (secondary N) is 1. The second kappa shape index (κ2) is 8.13. The average molecular weight is 375 g/mol. The molecule has 1 amide bonds. The minimum absolute atomic E-state index is 0.161. The molecule has 0 aliphatic heterocycles. The fraction of sp³-hybridized carbons (Fsp3) is 0.188. The van der Waals surface area contributed by atoms with E-state index in [0.717, 1.165) is 17.0 Å². The summed E-state index contributed by atoms with van der Waals surface area (Å²) in [6.07, 6.45) is 2.40. The highest BCUT2D eigenvalue weighted by Gasteiger charge is 2.10. The van der Waals surface area contributed by atoms with E-state index in [-0.39, 0.29) is 17.5 Å². The van der Waals surface area contributed by atoms with Crippen molar-refractivity contribution in [1.29, 1.82) is 0 Å². The van der Waals surface area contributed by atoms with Crippen LogP contribution >= 0.6 is 23.1 Å². The first-order chi connectivity index (χ1) is 12.1. The summed E-state index contributed by atoms with van der Waals surface area (Å²) in [7, 11) is 0. The minimum atomic E-state index is -0.299. The number of aromatic nitrogens is 4. The van der Waals surface area contributed by atoms with Gasteiger partial charge in [0, 0.05) is 11.8 Å².